The summed E-state index contributed by atoms with van der Waals surface area (Å²) in [5, 5.41) is 19.5. The Balaban J connectivity index is 2.53. The van der Waals surface area contributed by atoms with Crippen LogP contribution >= 0.6 is 0 Å². The fraction of sp³-hybridized carbons (Fsp3) is 0.235. The highest BCUT2D eigenvalue weighted by Crippen LogP contribution is 2.36. The lowest BCUT2D eigenvalue weighted by Crippen LogP contribution is -2.04. The number of hydrogen-bond donors (Lipinski definition) is 2. The predicted molar refractivity (Wildman–Crippen MR) is 80.2 cm³/mol. The van der Waals surface area contributed by atoms with Gasteiger partial charge in [0.05, 0.1) is 6.61 Å². The molecule has 0 fully saturated rings. The Morgan fingerprint density at radius 2 is 1.90 bits per heavy atom. The molecule has 0 saturated heterocycles. The molecule has 2 aromatic rings. The number of phenols is 1. The minimum absolute atomic E-state index is 0.135. The van der Waals surface area contributed by atoms with Gasteiger partial charge in [0.2, 0.25) is 0 Å². The molecule has 2 rings (SSSR count). The summed E-state index contributed by atoms with van der Waals surface area (Å²) in [6.45, 7) is 4.18. The highest BCUT2D eigenvalue weighted by Gasteiger charge is 2.20. The molecule has 0 aliphatic rings. The Bertz CT molecular complexity index is 635. The van der Waals surface area contributed by atoms with E-state index in [-0.39, 0.29) is 17.2 Å². The van der Waals surface area contributed by atoms with Crippen molar-refractivity contribution in [2.45, 2.75) is 19.8 Å². The average Bonchev–Trinajstić information content (AvgIpc) is 2.49. The maximum atomic E-state index is 11.3. The first-order valence-electron chi connectivity index (χ1n) is 6.82. The van der Waals surface area contributed by atoms with Crippen LogP contribution in [0.25, 0.3) is 0 Å². The Kier molecular flexibility index (Phi) is 4.48. The number of benzene rings is 2. The van der Waals surface area contributed by atoms with Crippen molar-refractivity contribution in [3.05, 3.63) is 59.2 Å². The molecular formula is C17H18O4. The second-order valence-electron chi connectivity index (χ2n) is 4.78. The molecule has 0 aliphatic heterocycles. The first kappa shape index (κ1) is 14.9. The molecule has 1 unspecified atom stereocenters. The minimum atomic E-state index is -1.17. The second-order valence-corrected chi connectivity index (χ2v) is 4.78. The number of aromatic carboxylic acids is 1. The van der Waals surface area contributed by atoms with Crippen molar-refractivity contribution in [1.29, 1.82) is 0 Å². The van der Waals surface area contributed by atoms with Gasteiger partial charge in [-0.3, -0.25) is 0 Å². The number of carbonyl (C=O) groups is 1. The Morgan fingerprint density at radius 3 is 2.48 bits per heavy atom. The monoisotopic (exact) mass is 286 g/mol. The van der Waals surface area contributed by atoms with Crippen LogP contribution in [0.1, 0.15) is 41.3 Å². The summed E-state index contributed by atoms with van der Waals surface area (Å²) < 4.78 is 5.40. The van der Waals surface area contributed by atoms with Crippen LogP contribution in [0, 0.1) is 0 Å². The number of rotatable bonds is 5. The van der Waals surface area contributed by atoms with Gasteiger partial charge in [-0.2, -0.15) is 0 Å². The molecule has 0 aromatic heterocycles. The fourth-order valence-electron chi connectivity index (χ4n) is 2.29. The highest BCUT2D eigenvalue weighted by molar-refractivity contribution is 5.92. The van der Waals surface area contributed by atoms with Gasteiger partial charge in [-0.15, -0.1) is 0 Å². The standard InChI is InChI=1S/C17H18O4/c1-3-21-13-9-14(16(18)15(10-13)17(19)20)11(2)12-7-5-4-6-8-12/h4-11,18H,3H2,1-2H3,(H,19,20). The molecule has 110 valence electrons. The predicted octanol–water partition coefficient (Wildman–Crippen LogP) is 3.64. The van der Waals surface area contributed by atoms with E-state index in [2.05, 4.69) is 0 Å². The van der Waals surface area contributed by atoms with E-state index in [0.29, 0.717) is 17.9 Å². The topological polar surface area (TPSA) is 66.8 Å². The van der Waals surface area contributed by atoms with Gasteiger partial charge in [-0.25, -0.2) is 4.79 Å². The quantitative estimate of drug-likeness (QED) is 0.880. The van der Waals surface area contributed by atoms with Gasteiger partial charge in [-0.1, -0.05) is 37.3 Å². The van der Waals surface area contributed by atoms with Gasteiger partial charge in [0.15, 0.2) is 0 Å². The van der Waals surface area contributed by atoms with Gasteiger partial charge in [0, 0.05) is 11.5 Å². The van der Waals surface area contributed by atoms with E-state index in [1.807, 2.05) is 44.2 Å². The molecule has 0 spiro atoms. The van der Waals surface area contributed by atoms with Crippen LogP contribution in [-0.2, 0) is 0 Å². The van der Waals surface area contributed by atoms with Crippen LogP contribution in [0.4, 0.5) is 0 Å². The summed E-state index contributed by atoms with van der Waals surface area (Å²) >= 11 is 0. The Hall–Kier alpha value is -2.49. The number of aromatic hydroxyl groups is 1. The molecule has 0 radical (unpaired) electrons. The van der Waals surface area contributed by atoms with E-state index in [0.717, 1.165) is 5.56 Å². The highest BCUT2D eigenvalue weighted by atomic mass is 16.5. The lowest BCUT2D eigenvalue weighted by Gasteiger charge is -2.17. The third kappa shape index (κ3) is 3.16. The Labute approximate surface area is 123 Å². The number of carboxylic acid groups (broad SMARTS) is 1. The number of hydrogen-bond acceptors (Lipinski definition) is 3. The lowest BCUT2D eigenvalue weighted by molar-refractivity contribution is 0.0693. The SMILES string of the molecule is CCOc1cc(C(=O)O)c(O)c(C(C)c2ccccc2)c1. The van der Waals surface area contributed by atoms with E-state index in [1.165, 1.54) is 6.07 Å². The molecular weight excluding hydrogens is 268 g/mol. The van der Waals surface area contributed by atoms with Crippen LogP contribution in [-0.4, -0.2) is 22.8 Å². The van der Waals surface area contributed by atoms with Gasteiger partial charge in [0.25, 0.3) is 0 Å². The van der Waals surface area contributed by atoms with Gasteiger partial charge >= 0.3 is 5.97 Å². The second kappa shape index (κ2) is 6.31. The summed E-state index contributed by atoms with van der Waals surface area (Å²) in [6, 6.07) is 12.7. The summed E-state index contributed by atoms with van der Waals surface area (Å²) in [6.07, 6.45) is 0. The normalized spacial score (nSPS) is 11.9. The van der Waals surface area contributed by atoms with Crippen molar-refractivity contribution < 1.29 is 19.7 Å². The van der Waals surface area contributed by atoms with Crippen LogP contribution in [0.5, 0.6) is 11.5 Å². The zero-order valence-electron chi connectivity index (χ0n) is 12.0. The summed E-state index contributed by atoms with van der Waals surface area (Å²) in [7, 11) is 0. The molecule has 0 bridgehead atoms. The van der Waals surface area contributed by atoms with Crippen molar-refractivity contribution in [3.8, 4) is 11.5 Å². The molecule has 1 atom stereocenters. The van der Waals surface area contributed by atoms with Crippen LogP contribution in [0.15, 0.2) is 42.5 Å². The van der Waals surface area contributed by atoms with E-state index < -0.39 is 5.97 Å². The zero-order valence-corrected chi connectivity index (χ0v) is 12.0. The zero-order chi connectivity index (χ0) is 15.4. The van der Waals surface area contributed by atoms with Gasteiger partial charge in [-0.05, 0) is 24.6 Å². The molecule has 0 heterocycles. The maximum Gasteiger partial charge on any atom is 0.339 e. The molecule has 0 aliphatic carbocycles. The van der Waals surface area contributed by atoms with Crippen molar-refractivity contribution in [3.63, 3.8) is 0 Å². The number of carboxylic acids is 1. The third-order valence-corrected chi connectivity index (χ3v) is 3.42. The molecule has 2 N–H and O–H groups in total. The van der Waals surface area contributed by atoms with Gasteiger partial charge < -0.3 is 14.9 Å². The van der Waals surface area contributed by atoms with Crippen molar-refractivity contribution in [2.75, 3.05) is 6.61 Å². The fourth-order valence-corrected chi connectivity index (χ4v) is 2.29. The van der Waals surface area contributed by atoms with Crippen LogP contribution in [0.3, 0.4) is 0 Å². The largest absolute Gasteiger partial charge is 0.507 e. The third-order valence-electron chi connectivity index (χ3n) is 3.42. The van der Waals surface area contributed by atoms with E-state index in [4.69, 9.17) is 4.74 Å². The molecule has 2 aromatic carbocycles. The first-order valence-corrected chi connectivity index (χ1v) is 6.82. The molecule has 0 saturated carbocycles. The maximum absolute atomic E-state index is 11.3. The first-order chi connectivity index (χ1) is 10.0. The van der Waals surface area contributed by atoms with Crippen molar-refractivity contribution in [2.24, 2.45) is 0 Å². The lowest BCUT2D eigenvalue weighted by atomic mass is 9.91. The smallest absolute Gasteiger partial charge is 0.339 e. The molecule has 4 heteroatoms. The Morgan fingerprint density at radius 1 is 1.24 bits per heavy atom. The van der Waals surface area contributed by atoms with E-state index >= 15 is 0 Å². The molecule has 4 nitrogen and oxygen atoms in total. The summed E-state index contributed by atoms with van der Waals surface area (Å²) in [5.41, 5.74) is 1.40. The van der Waals surface area contributed by atoms with Crippen LogP contribution < -0.4 is 4.74 Å². The van der Waals surface area contributed by atoms with Crippen molar-refractivity contribution >= 4 is 5.97 Å². The molecule has 21 heavy (non-hydrogen) atoms. The average molecular weight is 286 g/mol. The summed E-state index contributed by atoms with van der Waals surface area (Å²) in [5.74, 6) is -1.06. The number of ether oxygens (including phenoxy) is 1. The van der Waals surface area contributed by atoms with Gasteiger partial charge in [0.1, 0.15) is 17.1 Å². The summed E-state index contributed by atoms with van der Waals surface area (Å²) in [4.78, 5) is 11.3. The van der Waals surface area contributed by atoms with Crippen molar-refractivity contribution in [1.82, 2.24) is 0 Å². The van der Waals surface area contributed by atoms with E-state index in [1.54, 1.807) is 6.07 Å². The van der Waals surface area contributed by atoms with E-state index in [9.17, 15) is 15.0 Å². The van der Waals surface area contributed by atoms with Crippen LogP contribution in [0.2, 0.25) is 0 Å². The molecule has 0 amide bonds. The minimum Gasteiger partial charge on any atom is -0.507 e.